The Bertz CT molecular complexity index is 862. The predicted molar refractivity (Wildman–Crippen MR) is 99.4 cm³/mol. The van der Waals surface area contributed by atoms with E-state index in [4.69, 9.17) is 23.7 Å². The third-order valence-corrected chi connectivity index (χ3v) is 5.42. The summed E-state index contributed by atoms with van der Waals surface area (Å²) in [6.45, 7) is 5.22. The average Bonchev–Trinajstić information content (AvgIpc) is 3.28. The van der Waals surface area contributed by atoms with E-state index in [-0.39, 0.29) is 13.0 Å². The maximum Gasteiger partial charge on any atom is 0.346 e. The van der Waals surface area contributed by atoms with Crippen LogP contribution in [0.5, 0.6) is 0 Å². The van der Waals surface area contributed by atoms with Crippen LogP contribution in [-0.4, -0.2) is 67.4 Å². The summed E-state index contributed by atoms with van der Waals surface area (Å²) < 4.78 is 33.2. The number of carbonyl (C=O) groups is 3. The summed E-state index contributed by atoms with van der Waals surface area (Å²) in [5.41, 5.74) is -0.893. The van der Waals surface area contributed by atoms with E-state index in [0.717, 1.165) is 0 Å². The van der Waals surface area contributed by atoms with Gasteiger partial charge in [-0.05, 0) is 38.5 Å². The van der Waals surface area contributed by atoms with Gasteiger partial charge < -0.3 is 28.4 Å². The first-order valence-electron chi connectivity index (χ1n) is 9.78. The molecule has 3 fully saturated rings. The van der Waals surface area contributed by atoms with Crippen molar-refractivity contribution in [3.8, 4) is 0 Å². The molecule has 0 unspecified atom stereocenters. The average molecular weight is 420 g/mol. The van der Waals surface area contributed by atoms with Crippen molar-refractivity contribution in [2.45, 2.75) is 63.2 Å². The third-order valence-electron chi connectivity index (χ3n) is 5.42. The first-order valence-corrected chi connectivity index (χ1v) is 9.78. The van der Waals surface area contributed by atoms with Gasteiger partial charge in [0.05, 0.1) is 19.3 Å². The minimum atomic E-state index is -1.86. The Hall–Kier alpha value is -2.33. The van der Waals surface area contributed by atoms with Crippen LogP contribution in [0.15, 0.2) is 24.3 Å². The fourth-order valence-electron chi connectivity index (χ4n) is 4.10. The summed E-state index contributed by atoms with van der Waals surface area (Å²) in [6.07, 6.45) is -3.22. The van der Waals surface area contributed by atoms with Gasteiger partial charge in [-0.2, -0.15) is 0 Å². The fraction of sp³-hybridized carbons (Fsp3) is 0.571. The van der Waals surface area contributed by atoms with Crippen LogP contribution in [0.4, 0.5) is 0 Å². The van der Waals surface area contributed by atoms with Crippen molar-refractivity contribution < 1.29 is 42.8 Å². The number of methoxy groups -OCH3 is 1. The second-order valence-electron chi connectivity index (χ2n) is 7.88. The SMILES string of the molecule is CCOC(=O)[C@]1(Cc2ccc(C(=O)OC)cc2)O[C@@H]2[C@H]3OC(C)(C)O[C@H]3O[C@@H]2C1=O. The number of carbonyl (C=O) groups excluding carboxylic acids is 3. The van der Waals surface area contributed by atoms with Gasteiger partial charge in [0.15, 0.2) is 18.2 Å². The molecule has 5 atom stereocenters. The first kappa shape index (κ1) is 20.9. The largest absolute Gasteiger partial charge is 0.465 e. The normalized spacial score (nSPS) is 33.8. The van der Waals surface area contributed by atoms with E-state index in [2.05, 4.69) is 4.74 Å². The lowest BCUT2D eigenvalue weighted by Crippen LogP contribution is -2.50. The quantitative estimate of drug-likeness (QED) is 0.512. The third kappa shape index (κ3) is 3.31. The van der Waals surface area contributed by atoms with Gasteiger partial charge in [-0.1, -0.05) is 12.1 Å². The van der Waals surface area contributed by atoms with Crippen LogP contribution in [-0.2, 0) is 44.4 Å². The van der Waals surface area contributed by atoms with E-state index in [1.165, 1.54) is 7.11 Å². The van der Waals surface area contributed by atoms with Gasteiger partial charge in [-0.3, -0.25) is 4.79 Å². The molecular weight excluding hydrogens is 396 g/mol. The number of Topliss-reactive ketones (excluding diaryl/α,β-unsaturated/α-hetero) is 1. The van der Waals surface area contributed by atoms with E-state index in [1.54, 1.807) is 45.0 Å². The summed E-state index contributed by atoms with van der Waals surface area (Å²) in [4.78, 5) is 37.8. The number of benzene rings is 1. The lowest BCUT2D eigenvalue weighted by Gasteiger charge is -2.27. The molecule has 1 aromatic rings. The van der Waals surface area contributed by atoms with Crippen LogP contribution >= 0.6 is 0 Å². The van der Waals surface area contributed by atoms with Crippen LogP contribution in [0, 0.1) is 0 Å². The van der Waals surface area contributed by atoms with Crippen LogP contribution in [0.3, 0.4) is 0 Å². The van der Waals surface area contributed by atoms with Gasteiger partial charge >= 0.3 is 11.9 Å². The van der Waals surface area contributed by atoms with Crippen LogP contribution in [0.1, 0.15) is 36.7 Å². The summed E-state index contributed by atoms with van der Waals surface area (Å²) in [5.74, 6) is -2.67. The summed E-state index contributed by atoms with van der Waals surface area (Å²) in [7, 11) is 1.29. The van der Waals surface area contributed by atoms with Crippen molar-refractivity contribution in [1.29, 1.82) is 0 Å². The predicted octanol–water partition coefficient (Wildman–Crippen LogP) is 1.16. The van der Waals surface area contributed by atoms with Gasteiger partial charge in [-0.15, -0.1) is 0 Å². The minimum absolute atomic E-state index is 0.0654. The van der Waals surface area contributed by atoms with E-state index in [1.807, 2.05) is 0 Å². The van der Waals surface area contributed by atoms with Gasteiger partial charge in [0.2, 0.25) is 11.4 Å². The molecular formula is C21H24O9. The van der Waals surface area contributed by atoms with Gasteiger partial charge in [0.25, 0.3) is 0 Å². The molecule has 0 amide bonds. The van der Waals surface area contributed by atoms with Crippen LogP contribution in [0.25, 0.3) is 0 Å². The molecule has 4 rings (SSSR count). The number of hydrogen-bond acceptors (Lipinski definition) is 9. The maximum atomic E-state index is 13.3. The van der Waals surface area contributed by atoms with E-state index in [0.29, 0.717) is 11.1 Å². The lowest BCUT2D eigenvalue weighted by molar-refractivity contribution is -0.210. The minimum Gasteiger partial charge on any atom is -0.465 e. The molecule has 162 valence electrons. The van der Waals surface area contributed by atoms with Crippen molar-refractivity contribution in [1.82, 2.24) is 0 Å². The van der Waals surface area contributed by atoms with E-state index < -0.39 is 53.7 Å². The number of ether oxygens (including phenoxy) is 6. The molecule has 30 heavy (non-hydrogen) atoms. The molecule has 3 saturated heterocycles. The second kappa shape index (κ2) is 7.42. The lowest BCUT2D eigenvalue weighted by atomic mass is 9.89. The Kier molecular flexibility index (Phi) is 5.17. The molecule has 0 spiro atoms. The molecule has 9 nitrogen and oxygen atoms in total. The highest BCUT2D eigenvalue weighted by Crippen LogP contribution is 2.46. The van der Waals surface area contributed by atoms with E-state index in [9.17, 15) is 14.4 Å². The molecule has 0 aromatic heterocycles. The molecule has 3 aliphatic heterocycles. The van der Waals surface area contributed by atoms with Crippen LogP contribution in [0.2, 0.25) is 0 Å². The van der Waals surface area contributed by atoms with Crippen LogP contribution < -0.4 is 0 Å². The molecule has 0 bridgehead atoms. The Balaban J connectivity index is 1.62. The Morgan fingerprint density at radius 1 is 1.07 bits per heavy atom. The Morgan fingerprint density at radius 2 is 1.77 bits per heavy atom. The highest BCUT2D eigenvalue weighted by molar-refractivity contribution is 6.11. The molecule has 9 heteroatoms. The van der Waals surface area contributed by atoms with Gasteiger partial charge in [0, 0.05) is 6.42 Å². The number of ketones is 1. The zero-order chi connectivity index (χ0) is 21.7. The summed E-state index contributed by atoms with van der Waals surface area (Å²) >= 11 is 0. The fourth-order valence-corrected chi connectivity index (χ4v) is 4.10. The standard InChI is InChI=1S/C21H24O9/c1-5-26-19(24)21(10-11-6-8-12(9-7-11)17(23)25-4)16(22)14-13(29-21)15-18(27-14)30-20(2,3)28-15/h6-9,13-15,18H,5,10H2,1-4H3/t13-,14-,15+,18+,21+/m0/s1. The number of esters is 2. The van der Waals surface area contributed by atoms with Crippen molar-refractivity contribution >= 4 is 17.7 Å². The Morgan fingerprint density at radius 3 is 2.40 bits per heavy atom. The molecule has 0 N–H and O–H groups in total. The Labute approximate surface area is 173 Å². The zero-order valence-electron chi connectivity index (χ0n) is 17.2. The molecule has 0 radical (unpaired) electrons. The molecule has 0 aliphatic carbocycles. The first-order chi connectivity index (χ1) is 14.2. The van der Waals surface area contributed by atoms with Crippen molar-refractivity contribution in [3.05, 3.63) is 35.4 Å². The highest BCUT2D eigenvalue weighted by atomic mass is 16.8. The second-order valence-corrected chi connectivity index (χ2v) is 7.88. The monoisotopic (exact) mass is 420 g/mol. The topological polar surface area (TPSA) is 107 Å². The molecule has 3 heterocycles. The van der Waals surface area contributed by atoms with Crippen molar-refractivity contribution in [2.75, 3.05) is 13.7 Å². The van der Waals surface area contributed by atoms with Gasteiger partial charge in [-0.25, -0.2) is 9.59 Å². The highest BCUT2D eigenvalue weighted by Gasteiger charge is 2.69. The van der Waals surface area contributed by atoms with Crippen molar-refractivity contribution in [2.24, 2.45) is 0 Å². The smallest absolute Gasteiger partial charge is 0.346 e. The van der Waals surface area contributed by atoms with Crippen molar-refractivity contribution in [3.63, 3.8) is 0 Å². The molecule has 0 saturated carbocycles. The summed E-state index contributed by atoms with van der Waals surface area (Å²) in [6, 6.07) is 6.40. The number of hydrogen-bond donors (Lipinski definition) is 0. The zero-order valence-corrected chi connectivity index (χ0v) is 17.2. The number of rotatable bonds is 5. The van der Waals surface area contributed by atoms with Gasteiger partial charge in [0.1, 0.15) is 12.2 Å². The maximum absolute atomic E-state index is 13.3. The molecule has 3 aliphatic rings. The summed E-state index contributed by atoms with van der Waals surface area (Å²) in [5, 5.41) is 0. The molecule has 1 aromatic carbocycles. The number of fused-ring (bicyclic) bond motifs is 3. The van der Waals surface area contributed by atoms with E-state index >= 15 is 0 Å².